The van der Waals surface area contributed by atoms with Gasteiger partial charge in [-0.1, -0.05) is 12.1 Å². The molecule has 1 atom stereocenters. The lowest BCUT2D eigenvalue weighted by Crippen LogP contribution is -2.38. The van der Waals surface area contributed by atoms with Crippen molar-refractivity contribution in [1.29, 1.82) is 0 Å². The third-order valence-corrected chi connectivity index (χ3v) is 4.15. The summed E-state index contributed by atoms with van der Waals surface area (Å²) in [4.78, 5) is 28.5. The Hall–Kier alpha value is -2.34. The number of hydrogen-bond acceptors (Lipinski definition) is 3. The van der Waals surface area contributed by atoms with E-state index in [0.717, 1.165) is 23.7 Å². The van der Waals surface area contributed by atoms with Crippen LogP contribution in [-0.4, -0.2) is 52.7 Å². The fourth-order valence-corrected chi connectivity index (χ4v) is 2.97. The predicted octanol–water partition coefficient (Wildman–Crippen LogP) is 2.26. The molecule has 6 heteroatoms. The number of carboxylic acid groups (broad SMARTS) is 1. The smallest absolute Gasteiger partial charge is 0.305 e. The molecule has 23 heavy (non-hydrogen) atoms. The van der Waals surface area contributed by atoms with Crippen LogP contribution in [0.5, 0.6) is 0 Å². The van der Waals surface area contributed by atoms with E-state index >= 15 is 0 Å². The van der Waals surface area contributed by atoms with E-state index < -0.39 is 5.97 Å². The molecule has 0 spiro atoms. The molecule has 2 heterocycles. The molecule has 0 saturated carbocycles. The van der Waals surface area contributed by atoms with Crippen LogP contribution in [0, 0.1) is 0 Å². The summed E-state index contributed by atoms with van der Waals surface area (Å²) in [6.07, 6.45) is 3.61. The minimum absolute atomic E-state index is 0.00408. The topological polar surface area (TPSA) is 82.6 Å². The Bertz CT molecular complexity index is 703. The number of aliphatic carboxylic acids is 1. The molecule has 0 radical (unpaired) electrons. The maximum atomic E-state index is 12.9. The lowest BCUT2D eigenvalue weighted by molar-refractivity contribution is -0.137. The van der Waals surface area contributed by atoms with Crippen LogP contribution < -0.4 is 0 Å². The fourth-order valence-electron chi connectivity index (χ4n) is 2.97. The molecule has 0 aliphatic carbocycles. The standard InChI is InChI=1S/C17H20N2O4/c20-15(21)7-9-19(11-13-4-2-10-23-13)17(22)14-5-1-3-12-6-8-18-16(12)14/h1,3,5-6,8,13,18H,2,4,7,9-11H2,(H,20,21). The van der Waals surface area contributed by atoms with Gasteiger partial charge < -0.3 is 19.7 Å². The van der Waals surface area contributed by atoms with Crippen LogP contribution in [0.4, 0.5) is 0 Å². The highest BCUT2D eigenvalue weighted by Crippen LogP contribution is 2.20. The Labute approximate surface area is 134 Å². The van der Waals surface area contributed by atoms with Crippen molar-refractivity contribution in [2.45, 2.75) is 25.4 Å². The van der Waals surface area contributed by atoms with Gasteiger partial charge in [0.25, 0.3) is 5.91 Å². The van der Waals surface area contributed by atoms with Crippen LogP contribution in [0.25, 0.3) is 10.9 Å². The lowest BCUT2D eigenvalue weighted by atomic mass is 10.1. The van der Waals surface area contributed by atoms with Gasteiger partial charge in [0.15, 0.2) is 0 Å². The molecular formula is C17H20N2O4. The highest BCUT2D eigenvalue weighted by Gasteiger charge is 2.25. The second-order valence-corrected chi connectivity index (χ2v) is 5.78. The van der Waals surface area contributed by atoms with E-state index in [1.807, 2.05) is 18.2 Å². The van der Waals surface area contributed by atoms with Gasteiger partial charge in [-0.05, 0) is 25.0 Å². The molecule has 122 valence electrons. The van der Waals surface area contributed by atoms with Crippen molar-refractivity contribution in [3.05, 3.63) is 36.0 Å². The molecule has 1 amide bonds. The number of nitrogens with zero attached hydrogens (tertiary/aromatic N) is 1. The summed E-state index contributed by atoms with van der Waals surface area (Å²) in [5.74, 6) is -1.07. The fraction of sp³-hybridized carbons (Fsp3) is 0.412. The molecule has 1 aromatic heterocycles. The number of carbonyl (C=O) groups is 2. The second kappa shape index (κ2) is 6.83. The van der Waals surface area contributed by atoms with E-state index in [0.29, 0.717) is 18.7 Å². The molecule has 3 rings (SSSR count). The Balaban J connectivity index is 1.83. The minimum atomic E-state index is -0.909. The summed E-state index contributed by atoms with van der Waals surface area (Å²) >= 11 is 0. The molecule has 1 aromatic carbocycles. The number of fused-ring (bicyclic) bond motifs is 1. The zero-order valence-electron chi connectivity index (χ0n) is 12.8. The SMILES string of the molecule is O=C(O)CCN(CC1CCCO1)C(=O)c1cccc2cc[nH]c12. The highest BCUT2D eigenvalue weighted by atomic mass is 16.5. The van der Waals surface area contributed by atoms with Gasteiger partial charge in [-0.2, -0.15) is 0 Å². The molecule has 0 bridgehead atoms. The van der Waals surface area contributed by atoms with Crippen LogP contribution in [0.2, 0.25) is 0 Å². The van der Waals surface area contributed by atoms with Crippen molar-refractivity contribution in [3.8, 4) is 0 Å². The van der Waals surface area contributed by atoms with Gasteiger partial charge in [-0.25, -0.2) is 0 Å². The molecular weight excluding hydrogens is 296 g/mol. The molecule has 2 N–H and O–H groups in total. The van der Waals surface area contributed by atoms with E-state index in [1.165, 1.54) is 0 Å². The van der Waals surface area contributed by atoms with Crippen molar-refractivity contribution in [2.24, 2.45) is 0 Å². The van der Waals surface area contributed by atoms with Crippen LogP contribution in [0.1, 0.15) is 29.6 Å². The lowest BCUT2D eigenvalue weighted by Gasteiger charge is -2.25. The molecule has 1 fully saturated rings. The molecule has 1 aliphatic rings. The maximum Gasteiger partial charge on any atom is 0.305 e. The summed E-state index contributed by atoms with van der Waals surface area (Å²) in [6.45, 7) is 1.33. The summed E-state index contributed by atoms with van der Waals surface area (Å²) in [5, 5.41) is 9.90. The van der Waals surface area contributed by atoms with Crippen molar-refractivity contribution in [1.82, 2.24) is 9.88 Å². The Morgan fingerprint density at radius 3 is 2.96 bits per heavy atom. The van der Waals surface area contributed by atoms with Gasteiger partial charge in [0.2, 0.25) is 0 Å². The quantitative estimate of drug-likeness (QED) is 0.856. The number of H-pyrrole nitrogens is 1. The first-order valence-corrected chi connectivity index (χ1v) is 7.84. The van der Waals surface area contributed by atoms with E-state index in [2.05, 4.69) is 4.98 Å². The predicted molar refractivity (Wildman–Crippen MR) is 85.4 cm³/mol. The first kappa shape index (κ1) is 15.6. The van der Waals surface area contributed by atoms with Crippen molar-refractivity contribution < 1.29 is 19.4 Å². The van der Waals surface area contributed by atoms with E-state index in [-0.39, 0.29) is 25.0 Å². The van der Waals surface area contributed by atoms with Crippen molar-refractivity contribution >= 4 is 22.8 Å². The third-order valence-electron chi connectivity index (χ3n) is 4.15. The van der Waals surface area contributed by atoms with E-state index in [4.69, 9.17) is 9.84 Å². The molecule has 2 aromatic rings. The number of hydrogen-bond donors (Lipinski definition) is 2. The average molecular weight is 316 g/mol. The number of carbonyl (C=O) groups excluding carboxylic acids is 1. The normalized spacial score (nSPS) is 17.5. The Morgan fingerprint density at radius 1 is 1.35 bits per heavy atom. The van der Waals surface area contributed by atoms with Gasteiger partial charge in [0, 0.05) is 31.3 Å². The minimum Gasteiger partial charge on any atom is -0.481 e. The number of benzene rings is 1. The zero-order chi connectivity index (χ0) is 16.2. The van der Waals surface area contributed by atoms with Crippen molar-refractivity contribution in [3.63, 3.8) is 0 Å². The number of aromatic nitrogens is 1. The summed E-state index contributed by atoms with van der Waals surface area (Å²) in [6, 6.07) is 7.45. The molecule has 6 nitrogen and oxygen atoms in total. The molecule has 1 aliphatic heterocycles. The summed E-state index contributed by atoms with van der Waals surface area (Å²) < 4.78 is 5.60. The number of aromatic amines is 1. The number of rotatable bonds is 6. The zero-order valence-corrected chi connectivity index (χ0v) is 12.8. The monoisotopic (exact) mass is 316 g/mol. The van der Waals surface area contributed by atoms with Crippen LogP contribution in [0.3, 0.4) is 0 Å². The summed E-state index contributed by atoms with van der Waals surface area (Å²) in [7, 11) is 0. The first-order valence-electron chi connectivity index (χ1n) is 7.84. The number of ether oxygens (including phenoxy) is 1. The van der Waals surface area contributed by atoms with Crippen LogP contribution in [0.15, 0.2) is 30.5 Å². The molecule has 1 saturated heterocycles. The van der Waals surface area contributed by atoms with Crippen LogP contribution >= 0.6 is 0 Å². The van der Waals surface area contributed by atoms with Crippen molar-refractivity contribution in [2.75, 3.05) is 19.7 Å². The third kappa shape index (κ3) is 3.53. The number of nitrogens with one attached hydrogen (secondary N) is 1. The Morgan fingerprint density at radius 2 is 2.22 bits per heavy atom. The number of carboxylic acids is 1. The van der Waals surface area contributed by atoms with E-state index in [1.54, 1.807) is 17.2 Å². The van der Waals surface area contributed by atoms with Gasteiger partial charge in [-0.3, -0.25) is 9.59 Å². The average Bonchev–Trinajstić information content (AvgIpc) is 3.21. The van der Waals surface area contributed by atoms with Crippen LogP contribution in [-0.2, 0) is 9.53 Å². The second-order valence-electron chi connectivity index (χ2n) is 5.78. The van der Waals surface area contributed by atoms with Gasteiger partial charge in [0.05, 0.1) is 23.6 Å². The highest BCUT2D eigenvalue weighted by molar-refractivity contribution is 6.05. The van der Waals surface area contributed by atoms with Gasteiger partial charge in [-0.15, -0.1) is 0 Å². The number of amides is 1. The Kier molecular flexibility index (Phi) is 4.62. The van der Waals surface area contributed by atoms with Gasteiger partial charge in [0.1, 0.15) is 0 Å². The number of para-hydroxylation sites is 1. The molecule has 1 unspecified atom stereocenters. The van der Waals surface area contributed by atoms with E-state index in [9.17, 15) is 9.59 Å². The summed E-state index contributed by atoms with van der Waals surface area (Å²) in [5.41, 5.74) is 1.35. The largest absolute Gasteiger partial charge is 0.481 e. The first-order chi connectivity index (χ1) is 11.1. The maximum absolute atomic E-state index is 12.9. The van der Waals surface area contributed by atoms with Gasteiger partial charge >= 0.3 is 5.97 Å².